The number of hydrogen-bond donors (Lipinski definition) is 2. The number of aliphatic imine (C=N–C) groups is 1. The fraction of sp³-hybridized carbons (Fsp3) is 0.643. The van der Waals surface area contributed by atoms with Crippen LogP contribution in [-0.4, -0.2) is 52.5 Å². The number of guanidine groups is 1. The van der Waals surface area contributed by atoms with E-state index in [0.717, 1.165) is 49.1 Å². The molecular formula is C14H23ClN4O2S2. The van der Waals surface area contributed by atoms with E-state index in [-0.39, 0.29) is 4.21 Å². The lowest BCUT2D eigenvalue weighted by atomic mass is 10.00. The molecule has 0 spiro atoms. The highest BCUT2D eigenvalue weighted by Crippen LogP contribution is 2.25. The highest BCUT2D eigenvalue weighted by atomic mass is 35.5. The molecule has 0 aromatic carbocycles. The third-order valence-corrected chi connectivity index (χ3v) is 6.99. The van der Waals surface area contributed by atoms with Crippen molar-refractivity contribution in [3.8, 4) is 0 Å². The van der Waals surface area contributed by atoms with Gasteiger partial charge in [-0.1, -0.05) is 18.5 Å². The Labute approximate surface area is 147 Å². The Morgan fingerprint density at radius 2 is 2.09 bits per heavy atom. The summed E-state index contributed by atoms with van der Waals surface area (Å²) in [5.74, 6) is 1.59. The number of nitrogens with zero attached hydrogens (tertiary/aromatic N) is 2. The molecule has 6 nitrogen and oxygen atoms in total. The van der Waals surface area contributed by atoms with Crippen LogP contribution in [0.15, 0.2) is 21.3 Å². The average molecular weight is 379 g/mol. The first-order valence-corrected chi connectivity index (χ1v) is 10.3. The Morgan fingerprint density at radius 3 is 2.65 bits per heavy atom. The van der Waals surface area contributed by atoms with E-state index in [0.29, 0.717) is 17.4 Å². The lowest BCUT2D eigenvalue weighted by molar-refractivity contribution is 0.273. The molecule has 1 aliphatic heterocycles. The SMILES string of the molecule is CN=C(NCCNS(=O)(=O)c1ccc(Cl)s1)N1CCC(C)CC1. The van der Waals surface area contributed by atoms with Gasteiger partial charge in [0.05, 0.1) is 4.34 Å². The van der Waals surface area contributed by atoms with Gasteiger partial charge in [0.25, 0.3) is 0 Å². The number of nitrogens with one attached hydrogen (secondary N) is 2. The molecule has 23 heavy (non-hydrogen) atoms. The van der Waals surface area contributed by atoms with Crippen molar-refractivity contribution >= 4 is 38.9 Å². The van der Waals surface area contributed by atoms with Crippen molar-refractivity contribution < 1.29 is 8.42 Å². The van der Waals surface area contributed by atoms with Crippen LogP contribution in [0.1, 0.15) is 19.8 Å². The quantitative estimate of drug-likeness (QED) is 0.467. The first-order valence-electron chi connectivity index (χ1n) is 7.63. The van der Waals surface area contributed by atoms with E-state index in [1.807, 2.05) is 0 Å². The monoisotopic (exact) mass is 378 g/mol. The topological polar surface area (TPSA) is 73.8 Å². The molecule has 2 rings (SSSR count). The zero-order valence-corrected chi connectivity index (χ0v) is 15.8. The van der Waals surface area contributed by atoms with Crippen LogP contribution in [0.2, 0.25) is 4.34 Å². The number of likely N-dealkylation sites (tertiary alicyclic amines) is 1. The third-order valence-electron chi connectivity index (χ3n) is 3.81. The number of rotatable bonds is 5. The predicted octanol–water partition coefficient (Wildman–Crippen LogP) is 1.99. The van der Waals surface area contributed by atoms with Gasteiger partial charge in [0.15, 0.2) is 5.96 Å². The van der Waals surface area contributed by atoms with Crippen molar-refractivity contribution in [2.75, 3.05) is 33.2 Å². The minimum absolute atomic E-state index is 0.233. The van der Waals surface area contributed by atoms with Gasteiger partial charge < -0.3 is 10.2 Å². The minimum atomic E-state index is -3.49. The van der Waals surface area contributed by atoms with E-state index in [4.69, 9.17) is 11.6 Å². The zero-order valence-electron chi connectivity index (χ0n) is 13.4. The fourth-order valence-corrected chi connectivity index (χ4v) is 4.98. The number of hydrogen-bond acceptors (Lipinski definition) is 4. The minimum Gasteiger partial charge on any atom is -0.355 e. The maximum absolute atomic E-state index is 12.1. The van der Waals surface area contributed by atoms with Crippen LogP contribution in [0.5, 0.6) is 0 Å². The molecule has 0 atom stereocenters. The van der Waals surface area contributed by atoms with Gasteiger partial charge in [0.1, 0.15) is 4.21 Å². The van der Waals surface area contributed by atoms with Crippen LogP contribution in [-0.2, 0) is 10.0 Å². The Balaban J connectivity index is 1.78. The van der Waals surface area contributed by atoms with Gasteiger partial charge >= 0.3 is 0 Å². The predicted molar refractivity (Wildman–Crippen MR) is 95.9 cm³/mol. The normalized spacial score (nSPS) is 17.5. The Kier molecular flexibility index (Phi) is 6.70. The molecule has 0 unspecified atom stereocenters. The van der Waals surface area contributed by atoms with E-state index in [1.54, 1.807) is 13.1 Å². The van der Waals surface area contributed by atoms with Crippen LogP contribution < -0.4 is 10.0 Å². The summed E-state index contributed by atoms with van der Waals surface area (Å²) in [5, 5.41) is 3.21. The largest absolute Gasteiger partial charge is 0.355 e. The summed E-state index contributed by atoms with van der Waals surface area (Å²) in [6, 6.07) is 3.09. The molecule has 2 heterocycles. The summed E-state index contributed by atoms with van der Waals surface area (Å²) in [4.78, 5) is 6.49. The van der Waals surface area contributed by atoms with Crippen molar-refractivity contribution in [1.29, 1.82) is 0 Å². The molecule has 0 aliphatic carbocycles. The van der Waals surface area contributed by atoms with Crippen LogP contribution in [0.3, 0.4) is 0 Å². The van der Waals surface area contributed by atoms with Gasteiger partial charge in [-0.25, -0.2) is 13.1 Å². The molecule has 1 aromatic heterocycles. The van der Waals surface area contributed by atoms with E-state index in [9.17, 15) is 8.42 Å². The third kappa shape index (κ3) is 5.34. The van der Waals surface area contributed by atoms with Crippen LogP contribution in [0.25, 0.3) is 0 Å². The maximum atomic E-state index is 12.1. The number of sulfonamides is 1. The molecule has 1 aliphatic rings. The standard InChI is InChI=1S/C14H23ClN4O2S2/c1-11-5-9-19(10-6-11)14(16-2)17-7-8-18-23(20,21)13-4-3-12(15)22-13/h3-4,11,18H,5-10H2,1-2H3,(H,16,17). The van der Waals surface area contributed by atoms with Crippen LogP contribution in [0, 0.1) is 5.92 Å². The van der Waals surface area contributed by atoms with E-state index < -0.39 is 10.0 Å². The highest BCUT2D eigenvalue weighted by molar-refractivity contribution is 7.91. The molecule has 130 valence electrons. The number of thiophene rings is 1. The number of halogens is 1. The van der Waals surface area contributed by atoms with Crippen molar-refractivity contribution in [1.82, 2.24) is 14.9 Å². The van der Waals surface area contributed by atoms with Crippen LogP contribution in [0.4, 0.5) is 0 Å². The van der Waals surface area contributed by atoms with Gasteiger partial charge in [0, 0.05) is 33.2 Å². The molecule has 1 aromatic rings. The zero-order chi connectivity index (χ0) is 16.9. The van der Waals surface area contributed by atoms with Gasteiger partial charge in [-0.15, -0.1) is 11.3 Å². The molecule has 1 fully saturated rings. The van der Waals surface area contributed by atoms with Gasteiger partial charge in [-0.3, -0.25) is 4.99 Å². The highest BCUT2D eigenvalue weighted by Gasteiger charge is 2.19. The molecular weight excluding hydrogens is 356 g/mol. The van der Waals surface area contributed by atoms with Crippen molar-refractivity contribution in [3.63, 3.8) is 0 Å². The summed E-state index contributed by atoms with van der Waals surface area (Å²) < 4.78 is 27.4. The Hall–Kier alpha value is -0.830. The molecule has 2 N–H and O–H groups in total. The summed E-state index contributed by atoms with van der Waals surface area (Å²) in [5.41, 5.74) is 0. The summed E-state index contributed by atoms with van der Waals surface area (Å²) in [7, 11) is -1.74. The van der Waals surface area contributed by atoms with Gasteiger partial charge in [0.2, 0.25) is 10.0 Å². The summed E-state index contributed by atoms with van der Waals surface area (Å²) in [6.45, 7) is 5.01. The van der Waals surface area contributed by atoms with Gasteiger partial charge in [-0.05, 0) is 30.9 Å². The summed E-state index contributed by atoms with van der Waals surface area (Å²) >= 11 is 6.83. The molecule has 1 saturated heterocycles. The fourth-order valence-electron chi connectivity index (χ4n) is 2.43. The maximum Gasteiger partial charge on any atom is 0.250 e. The van der Waals surface area contributed by atoms with Crippen molar-refractivity contribution in [3.05, 3.63) is 16.5 Å². The lowest BCUT2D eigenvalue weighted by Gasteiger charge is -2.32. The molecule has 0 bridgehead atoms. The summed E-state index contributed by atoms with van der Waals surface area (Å²) in [6.07, 6.45) is 2.32. The second-order valence-corrected chi connectivity index (χ2v) is 9.31. The van der Waals surface area contributed by atoms with E-state index in [2.05, 4.69) is 26.9 Å². The molecule has 0 amide bonds. The van der Waals surface area contributed by atoms with Gasteiger partial charge in [-0.2, -0.15) is 0 Å². The average Bonchev–Trinajstić information content (AvgIpc) is 2.96. The second-order valence-electron chi connectivity index (χ2n) is 5.60. The first-order chi connectivity index (χ1) is 10.9. The Bertz CT molecular complexity index is 637. The smallest absolute Gasteiger partial charge is 0.250 e. The molecule has 9 heteroatoms. The molecule has 0 radical (unpaired) electrons. The first kappa shape index (κ1) is 18.5. The number of piperidine rings is 1. The molecule has 0 saturated carbocycles. The van der Waals surface area contributed by atoms with E-state index >= 15 is 0 Å². The van der Waals surface area contributed by atoms with Crippen molar-refractivity contribution in [2.45, 2.75) is 24.0 Å². The van der Waals surface area contributed by atoms with Crippen molar-refractivity contribution in [2.24, 2.45) is 10.9 Å². The van der Waals surface area contributed by atoms with Crippen LogP contribution >= 0.6 is 22.9 Å². The Morgan fingerprint density at radius 1 is 1.39 bits per heavy atom. The van der Waals surface area contributed by atoms with E-state index in [1.165, 1.54) is 6.07 Å². The lowest BCUT2D eigenvalue weighted by Crippen LogP contribution is -2.47. The second kappa shape index (κ2) is 8.32.